The standard InChI is InChI=1S/C14H13NO6/c16-7-3-5-10-11(21-15-12(10)18)14(13(19)20)6-2-1-4-9(14)8-17/h3H,1-2,4-6H2,(H,15,18)(H,19,20). The Morgan fingerprint density at radius 2 is 2.19 bits per heavy atom. The van der Waals surface area contributed by atoms with Gasteiger partial charge in [0.05, 0.1) is 5.56 Å². The number of aromatic amines is 1. The van der Waals surface area contributed by atoms with Crippen LogP contribution in [0.4, 0.5) is 0 Å². The van der Waals surface area contributed by atoms with Crippen molar-refractivity contribution in [3.8, 4) is 0 Å². The number of allylic oxidation sites excluding steroid dienone is 1. The van der Waals surface area contributed by atoms with Crippen LogP contribution in [-0.2, 0) is 26.2 Å². The molecule has 1 aromatic heterocycles. The lowest BCUT2D eigenvalue weighted by atomic mass is 9.68. The van der Waals surface area contributed by atoms with Crippen LogP contribution in [0.1, 0.15) is 37.0 Å². The summed E-state index contributed by atoms with van der Waals surface area (Å²) in [5.74, 6) is 1.83. The molecule has 1 unspecified atom stereocenters. The van der Waals surface area contributed by atoms with Crippen LogP contribution in [0.3, 0.4) is 0 Å². The maximum atomic E-state index is 11.8. The highest BCUT2D eigenvalue weighted by Gasteiger charge is 2.51. The number of carbonyl (C=O) groups is 1. The summed E-state index contributed by atoms with van der Waals surface area (Å²) in [5, 5.41) is 11.7. The molecule has 1 aliphatic carbocycles. The van der Waals surface area contributed by atoms with Gasteiger partial charge in [0, 0.05) is 18.1 Å². The van der Waals surface area contributed by atoms with Gasteiger partial charge in [0.15, 0.2) is 11.2 Å². The summed E-state index contributed by atoms with van der Waals surface area (Å²) in [6.45, 7) is 0. The highest BCUT2D eigenvalue weighted by molar-refractivity contribution is 5.88. The maximum absolute atomic E-state index is 11.8. The number of hydrogen-bond donors (Lipinski definition) is 2. The predicted molar refractivity (Wildman–Crippen MR) is 70.3 cm³/mol. The van der Waals surface area contributed by atoms with Crippen LogP contribution in [0.2, 0.25) is 0 Å². The SMILES string of the molecule is O=C=CCc1c(C2(C(=O)O)CCCCC2=C=O)o[nH]c1=O. The lowest BCUT2D eigenvalue weighted by molar-refractivity contribution is -0.143. The minimum absolute atomic E-state index is 0.0235. The van der Waals surface area contributed by atoms with Crippen LogP contribution in [0.5, 0.6) is 0 Å². The van der Waals surface area contributed by atoms with Crippen molar-refractivity contribution in [3.63, 3.8) is 0 Å². The largest absolute Gasteiger partial charge is 0.480 e. The molecule has 110 valence electrons. The summed E-state index contributed by atoms with van der Waals surface area (Å²) in [6, 6.07) is 0. The molecular formula is C14H13NO6. The summed E-state index contributed by atoms with van der Waals surface area (Å²) in [6.07, 6.45) is 2.64. The van der Waals surface area contributed by atoms with E-state index in [1.165, 1.54) is 5.94 Å². The lowest BCUT2D eigenvalue weighted by Crippen LogP contribution is -2.41. The molecule has 0 bridgehead atoms. The zero-order valence-corrected chi connectivity index (χ0v) is 11.1. The second-order valence-electron chi connectivity index (χ2n) is 4.87. The second kappa shape index (κ2) is 5.79. The van der Waals surface area contributed by atoms with Gasteiger partial charge >= 0.3 is 5.97 Å². The Bertz CT molecular complexity index is 714. The van der Waals surface area contributed by atoms with Gasteiger partial charge in [-0.1, -0.05) is 6.42 Å². The van der Waals surface area contributed by atoms with Gasteiger partial charge in [-0.05, 0) is 19.3 Å². The fourth-order valence-corrected chi connectivity index (χ4v) is 2.78. The molecule has 1 aromatic rings. The monoisotopic (exact) mass is 291 g/mol. The molecule has 7 nitrogen and oxygen atoms in total. The average Bonchev–Trinajstić information content (AvgIpc) is 2.85. The molecule has 1 heterocycles. The molecule has 0 spiro atoms. The molecule has 21 heavy (non-hydrogen) atoms. The van der Waals surface area contributed by atoms with Crippen LogP contribution in [-0.4, -0.2) is 28.1 Å². The third-order valence-electron chi connectivity index (χ3n) is 3.80. The van der Waals surface area contributed by atoms with Gasteiger partial charge in [0.1, 0.15) is 11.9 Å². The molecule has 1 saturated carbocycles. The van der Waals surface area contributed by atoms with E-state index < -0.39 is 16.9 Å². The first kappa shape index (κ1) is 14.8. The Labute approximate surface area is 118 Å². The Balaban J connectivity index is 2.69. The normalized spacial score (nSPS) is 21.4. The number of carboxylic acids is 1. The van der Waals surface area contributed by atoms with Crippen LogP contribution in [0, 0.1) is 0 Å². The molecule has 1 fully saturated rings. The number of aromatic nitrogens is 1. The Morgan fingerprint density at radius 1 is 1.43 bits per heavy atom. The number of aliphatic carboxylic acids is 1. The lowest BCUT2D eigenvalue weighted by Gasteiger charge is -2.31. The van der Waals surface area contributed by atoms with Gasteiger partial charge in [-0.25, -0.2) is 9.59 Å². The number of H-pyrrole nitrogens is 1. The summed E-state index contributed by atoms with van der Waals surface area (Å²) in [7, 11) is 0. The number of rotatable bonds is 4. The molecule has 1 atom stereocenters. The maximum Gasteiger partial charge on any atom is 0.322 e. The van der Waals surface area contributed by atoms with Crippen molar-refractivity contribution >= 4 is 17.9 Å². The van der Waals surface area contributed by atoms with Crippen LogP contribution in [0.25, 0.3) is 0 Å². The molecule has 2 N–H and O–H groups in total. The highest BCUT2D eigenvalue weighted by atomic mass is 16.5. The van der Waals surface area contributed by atoms with Gasteiger partial charge in [0.25, 0.3) is 5.56 Å². The molecule has 0 radical (unpaired) electrons. The van der Waals surface area contributed by atoms with Crippen molar-refractivity contribution in [3.05, 3.63) is 33.3 Å². The van der Waals surface area contributed by atoms with E-state index in [9.17, 15) is 24.3 Å². The van der Waals surface area contributed by atoms with E-state index in [0.717, 1.165) is 6.08 Å². The highest BCUT2D eigenvalue weighted by Crippen LogP contribution is 2.43. The van der Waals surface area contributed by atoms with E-state index in [1.807, 2.05) is 0 Å². The predicted octanol–water partition coefficient (Wildman–Crippen LogP) is 0.553. The van der Waals surface area contributed by atoms with Crippen molar-refractivity contribution in [1.29, 1.82) is 0 Å². The average molecular weight is 291 g/mol. The fourth-order valence-electron chi connectivity index (χ4n) is 2.78. The van der Waals surface area contributed by atoms with Crippen molar-refractivity contribution in [2.45, 2.75) is 37.5 Å². The van der Waals surface area contributed by atoms with Crippen molar-refractivity contribution in [2.75, 3.05) is 0 Å². The number of nitrogens with one attached hydrogen (secondary N) is 1. The molecule has 0 aromatic carbocycles. The number of carboxylic acid groups (broad SMARTS) is 1. The zero-order chi connectivity index (χ0) is 15.5. The molecule has 0 saturated heterocycles. The first-order valence-electron chi connectivity index (χ1n) is 6.46. The fraction of sp³-hybridized carbons (Fsp3) is 0.429. The quantitative estimate of drug-likeness (QED) is 0.782. The van der Waals surface area contributed by atoms with E-state index in [0.29, 0.717) is 12.8 Å². The minimum atomic E-state index is -1.69. The smallest absolute Gasteiger partial charge is 0.322 e. The zero-order valence-electron chi connectivity index (χ0n) is 11.1. The summed E-state index contributed by atoms with van der Waals surface area (Å²) >= 11 is 0. The van der Waals surface area contributed by atoms with Gasteiger partial charge in [-0.2, -0.15) is 5.16 Å². The van der Waals surface area contributed by atoms with Gasteiger partial charge < -0.3 is 9.63 Å². The number of carbonyl (C=O) groups excluding carboxylic acids is 2. The molecule has 0 amide bonds. The van der Waals surface area contributed by atoms with E-state index in [4.69, 9.17) is 4.52 Å². The Morgan fingerprint density at radius 3 is 2.81 bits per heavy atom. The van der Waals surface area contributed by atoms with E-state index in [1.54, 1.807) is 5.94 Å². The molecule has 7 heteroatoms. The first-order valence-corrected chi connectivity index (χ1v) is 6.46. The second-order valence-corrected chi connectivity index (χ2v) is 4.87. The third-order valence-corrected chi connectivity index (χ3v) is 3.80. The third kappa shape index (κ3) is 2.29. The van der Waals surface area contributed by atoms with Crippen LogP contribution in [0.15, 0.2) is 21.0 Å². The van der Waals surface area contributed by atoms with E-state index >= 15 is 0 Å². The number of hydrogen-bond acceptors (Lipinski definition) is 5. The minimum Gasteiger partial charge on any atom is -0.480 e. The summed E-state index contributed by atoms with van der Waals surface area (Å²) in [4.78, 5) is 45.1. The van der Waals surface area contributed by atoms with Crippen molar-refractivity contribution < 1.29 is 24.0 Å². The summed E-state index contributed by atoms with van der Waals surface area (Å²) < 4.78 is 5.06. The molecular weight excluding hydrogens is 278 g/mol. The Hall–Kier alpha value is -2.62. The first-order chi connectivity index (χ1) is 10.1. The van der Waals surface area contributed by atoms with Gasteiger partial charge in [0.2, 0.25) is 0 Å². The Kier molecular flexibility index (Phi) is 4.08. The summed E-state index contributed by atoms with van der Waals surface area (Å²) in [5.41, 5.74) is -2.23. The van der Waals surface area contributed by atoms with E-state index in [2.05, 4.69) is 5.16 Å². The topological polar surface area (TPSA) is 117 Å². The molecule has 2 rings (SSSR count). The molecule has 1 aliphatic rings. The molecule has 0 aliphatic heterocycles. The van der Waals surface area contributed by atoms with Crippen molar-refractivity contribution in [1.82, 2.24) is 5.16 Å². The van der Waals surface area contributed by atoms with Gasteiger partial charge in [-0.15, -0.1) is 0 Å². The van der Waals surface area contributed by atoms with Crippen LogP contribution >= 0.6 is 0 Å². The van der Waals surface area contributed by atoms with Gasteiger partial charge in [-0.3, -0.25) is 9.59 Å². The van der Waals surface area contributed by atoms with Crippen molar-refractivity contribution in [2.24, 2.45) is 0 Å². The van der Waals surface area contributed by atoms with E-state index in [-0.39, 0.29) is 36.2 Å². The van der Waals surface area contributed by atoms with Crippen LogP contribution < -0.4 is 5.56 Å².